The Morgan fingerprint density at radius 1 is 1.00 bits per heavy atom. The molecule has 3 aromatic rings. The Balaban J connectivity index is 0.000000463. The summed E-state index contributed by atoms with van der Waals surface area (Å²) in [5.41, 5.74) is 1.28. The number of piperidine rings is 2. The van der Waals surface area contributed by atoms with Gasteiger partial charge in [-0.2, -0.15) is 0 Å². The number of hydrogen-bond acceptors (Lipinski definition) is 4. The molecule has 6 rings (SSSR count). The van der Waals surface area contributed by atoms with Crippen LogP contribution in [0.4, 0.5) is 5.69 Å². The summed E-state index contributed by atoms with van der Waals surface area (Å²) in [6.07, 6.45) is 2.00. The van der Waals surface area contributed by atoms with Crippen LogP contribution in [-0.4, -0.2) is 41.8 Å². The van der Waals surface area contributed by atoms with E-state index in [1.54, 1.807) is 12.1 Å². The molecule has 2 fully saturated rings. The van der Waals surface area contributed by atoms with Crippen molar-refractivity contribution >= 4 is 62.5 Å². The van der Waals surface area contributed by atoms with Crippen molar-refractivity contribution in [2.24, 2.45) is 5.92 Å². The third kappa shape index (κ3) is 6.71. The Morgan fingerprint density at radius 3 is 2.37 bits per heavy atom. The van der Waals surface area contributed by atoms with Gasteiger partial charge in [0, 0.05) is 64.0 Å². The fourth-order valence-electron chi connectivity index (χ4n) is 6.06. The summed E-state index contributed by atoms with van der Waals surface area (Å²) in [4.78, 5) is 40.5. The van der Waals surface area contributed by atoms with E-state index in [4.69, 9.17) is 27.9 Å². The SMILES string of the molecule is CC(C)C(=O)N1CCC(Oc2ccc(Br)cc2[C@H]2NC(=O)CC[C@]23C(=O)Nc2cc(Cl)ccc23)CC1.Clc1ccccc1. The van der Waals surface area contributed by atoms with Gasteiger partial charge >= 0.3 is 0 Å². The Morgan fingerprint density at radius 2 is 1.72 bits per heavy atom. The summed E-state index contributed by atoms with van der Waals surface area (Å²) in [6.45, 7) is 5.12. The van der Waals surface area contributed by atoms with E-state index in [0.29, 0.717) is 36.0 Å². The van der Waals surface area contributed by atoms with Gasteiger partial charge in [-0.05, 0) is 54.4 Å². The van der Waals surface area contributed by atoms with Gasteiger partial charge in [-0.3, -0.25) is 14.4 Å². The molecule has 43 heavy (non-hydrogen) atoms. The first-order valence-corrected chi connectivity index (χ1v) is 16.0. The number of amides is 3. The molecule has 7 nitrogen and oxygen atoms in total. The number of anilines is 1. The number of benzene rings is 3. The zero-order chi connectivity index (χ0) is 30.7. The molecule has 0 aliphatic carbocycles. The number of ether oxygens (including phenoxy) is 1. The predicted octanol–water partition coefficient (Wildman–Crippen LogP) is 7.31. The zero-order valence-corrected chi connectivity index (χ0v) is 27.1. The quantitative estimate of drug-likeness (QED) is 0.301. The summed E-state index contributed by atoms with van der Waals surface area (Å²) in [5.74, 6) is 0.509. The van der Waals surface area contributed by atoms with E-state index < -0.39 is 11.5 Å². The fraction of sp³-hybridized carbons (Fsp3) is 0.364. The summed E-state index contributed by atoms with van der Waals surface area (Å²) >= 11 is 15.3. The summed E-state index contributed by atoms with van der Waals surface area (Å²) in [5, 5.41) is 7.42. The van der Waals surface area contributed by atoms with Crippen molar-refractivity contribution in [2.45, 2.75) is 57.1 Å². The van der Waals surface area contributed by atoms with E-state index >= 15 is 0 Å². The highest BCUT2D eigenvalue weighted by Gasteiger charge is 2.56. The second kappa shape index (κ2) is 13.3. The average molecular weight is 687 g/mol. The minimum absolute atomic E-state index is 0.0260. The number of rotatable bonds is 4. The number of nitrogens with one attached hydrogen (secondary N) is 2. The van der Waals surface area contributed by atoms with Gasteiger partial charge in [0.2, 0.25) is 17.7 Å². The lowest BCUT2D eigenvalue weighted by molar-refractivity contribution is -0.136. The monoisotopic (exact) mass is 685 g/mol. The van der Waals surface area contributed by atoms with Crippen LogP contribution >= 0.6 is 39.1 Å². The molecular weight excluding hydrogens is 653 g/mol. The fourth-order valence-corrected chi connectivity index (χ4v) is 6.76. The van der Waals surface area contributed by atoms with Crippen LogP contribution in [0.15, 0.2) is 71.2 Å². The lowest BCUT2D eigenvalue weighted by Gasteiger charge is -2.41. The number of halogens is 3. The number of carbonyl (C=O) groups is 3. The molecular formula is C33H34BrCl2N3O4. The molecule has 3 amide bonds. The second-order valence-corrected chi connectivity index (χ2v) is 13.2. The zero-order valence-electron chi connectivity index (χ0n) is 24.0. The summed E-state index contributed by atoms with van der Waals surface area (Å²) < 4.78 is 7.33. The van der Waals surface area contributed by atoms with E-state index in [9.17, 15) is 14.4 Å². The van der Waals surface area contributed by atoms with Crippen molar-refractivity contribution in [1.82, 2.24) is 10.2 Å². The lowest BCUT2D eigenvalue weighted by atomic mass is 9.67. The molecule has 0 saturated carbocycles. The van der Waals surface area contributed by atoms with Crippen molar-refractivity contribution in [3.8, 4) is 5.75 Å². The first-order valence-electron chi connectivity index (χ1n) is 14.4. The Kier molecular flexibility index (Phi) is 9.69. The van der Waals surface area contributed by atoms with Gasteiger partial charge in [-0.25, -0.2) is 0 Å². The van der Waals surface area contributed by atoms with Crippen molar-refractivity contribution in [3.63, 3.8) is 0 Å². The molecule has 3 heterocycles. The highest BCUT2D eigenvalue weighted by atomic mass is 79.9. The maximum atomic E-state index is 13.6. The second-order valence-electron chi connectivity index (χ2n) is 11.4. The summed E-state index contributed by atoms with van der Waals surface area (Å²) in [6, 6.07) is 19.9. The number of fused-ring (bicyclic) bond motifs is 2. The molecule has 2 atom stereocenters. The maximum absolute atomic E-state index is 13.6. The van der Waals surface area contributed by atoms with Gasteiger partial charge < -0.3 is 20.3 Å². The van der Waals surface area contributed by atoms with E-state index in [2.05, 4.69) is 26.6 Å². The van der Waals surface area contributed by atoms with Crippen molar-refractivity contribution in [1.29, 1.82) is 0 Å². The average Bonchev–Trinajstić information content (AvgIpc) is 3.26. The molecule has 3 aliphatic rings. The molecule has 0 radical (unpaired) electrons. The van der Waals surface area contributed by atoms with Crippen LogP contribution in [-0.2, 0) is 19.8 Å². The van der Waals surface area contributed by atoms with Crippen molar-refractivity contribution in [3.05, 3.63) is 92.4 Å². The van der Waals surface area contributed by atoms with Crippen LogP contribution in [0.1, 0.15) is 56.7 Å². The molecule has 0 aromatic heterocycles. The smallest absolute Gasteiger partial charge is 0.237 e. The van der Waals surface area contributed by atoms with Crippen LogP contribution in [0.5, 0.6) is 5.75 Å². The van der Waals surface area contributed by atoms with E-state index in [0.717, 1.165) is 33.5 Å². The van der Waals surface area contributed by atoms with Crippen molar-refractivity contribution in [2.75, 3.05) is 18.4 Å². The molecule has 0 unspecified atom stereocenters. The number of nitrogens with zero attached hydrogens (tertiary/aromatic N) is 1. The van der Waals surface area contributed by atoms with E-state index in [1.165, 1.54) is 0 Å². The van der Waals surface area contributed by atoms with E-state index in [1.807, 2.05) is 73.3 Å². The van der Waals surface area contributed by atoms with Gasteiger partial charge in [0.05, 0.1) is 6.04 Å². The minimum Gasteiger partial charge on any atom is -0.490 e. The third-order valence-corrected chi connectivity index (χ3v) is 9.20. The first kappa shape index (κ1) is 31.4. The number of hydrogen-bond donors (Lipinski definition) is 2. The largest absolute Gasteiger partial charge is 0.490 e. The highest BCUT2D eigenvalue weighted by Crippen LogP contribution is 2.53. The minimum atomic E-state index is -0.972. The van der Waals surface area contributed by atoms with Gasteiger partial charge in [-0.1, -0.05) is 77.2 Å². The lowest BCUT2D eigenvalue weighted by Crippen LogP contribution is -2.52. The number of carbonyl (C=O) groups excluding carboxylic acids is 3. The normalized spacial score (nSPS) is 21.5. The van der Waals surface area contributed by atoms with Crippen LogP contribution in [0.3, 0.4) is 0 Å². The molecule has 226 valence electrons. The predicted molar refractivity (Wildman–Crippen MR) is 173 cm³/mol. The molecule has 2 N–H and O–H groups in total. The topological polar surface area (TPSA) is 87.7 Å². The highest BCUT2D eigenvalue weighted by molar-refractivity contribution is 9.10. The van der Waals surface area contributed by atoms with Gasteiger partial charge in [0.1, 0.15) is 17.3 Å². The number of likely N-dealkylation sites (tertiary alicyclic amines) is 1. The van der Waals surface area contributed by atoms with Crippen LogP contribution in [0.2, 0.25) is 10.0 Å². The Bertz CT molecular complexity index is 1510. The molecule has 1 spiro atoms. The molecule has 3 aromatic carbocycles. The maximum Gasteiger partial charge on any atom is 0.237 e. The van der Waals surface area contributed by atoms with Gasteiger partial charge in [0.25, 0.3) is 0 Å². The molecule has 0 bridgehead atoms. The van der Waals surface area contributed by atoms with E-state index in [-0.39, 0.29) is 36.2 Å². The van der Waals surface area contributed by atoms with Gasteiger partial charge in [-0.15, -0.1) is 0 Å². The summed E-state index contributed by atoms with van der Waals surface area (Å²) in [7, 11) is 0. The Labute approximate surface area is 270 Å². The molecule has 2 saturated heterocycles. The Hall–Kier alpha value is -3.07. The third-order valence-electron chi connectivity index (χ3n) is 8.22. The van der Waals surface area contributed by atoms with Crippen LogP contribution in [0, 0.1) is 5.92 Å². The van der Waals surface area contributed by atoms with Crippen LogP contribution < -0.4 is 15.4 Å². The molecule has 10 heteroatoms. The van der Waals surface area contributed by atoms with Crippen LogP contribution in [0.25, 0.3) is 0 Å². The van der Waals surface area contributed by atoms with Crippen molar-refractivity contribution < 1.29 is 19.1 Å². The standard InChI is InChI=1S/C27H29BrClN3O4.C6H5Cl/c1-15(2)25(34)32-11-8-18(9-12-32)36-22-6-3-16(28)13-19(22)24-27(10-7-23(33)31-24)20-5-4-17(29)14-21(20)30-26(27)35;7-6-4-2-1-3-5-6/h3-6,13-15,18,24H,7-12H2,1-2H3,(H,30,35)(H,31,33);1-5H/t24-,27-;/m1./s1. The van der Waals surface area contributed by atoms with Gasteiger partial charge in [0.15, 0.2) is 0 Å². The molecule has 3 aliphatic heterocycles. The first-order chi connectivity index (χ1) is 20.6.